The first-order chi connectivity index (χ1) is 11.5. The van der Waals surface area contributed by atoms with Gasteiger partial charge in [-0.2, -0.15) is 0 Å². The first-order valence-corrected chi connectivity index (χ1v) is 9.45. The van der Waals surface area contributed by atoms with E-state index < -0.39 is 15.7 Å². The molecule has 0 saturated carbocycles. The summed E-state index contributed by atoms with van der Waals surface area (Å²) in [7, 11) is -3.35. The van der Waals surface area contributed by atoms with Crippen molar-refractivity contribution in [3.8, 4) is 0 Å². The monoisotopic (exact) mass is 347 g/mol. The number of aryl methyl sites for hydroxylation is 1. The molecule has 0 spiro atoms. The van der Waals surface area contributed by atoms with E-state index in [2.05, 4.69) is 0 Å². The van der Waals surface area contributed by atoms with E-state index in [-0.39, 0.29) is 12.2 Å². The molecule has 2 N–H and O–H groups in total. The minimum absolute atomic E-state index is 0.0300. The van der Waals surface area contributed by atoms with Gasteiger partial charge in [-0.05, 0) is 42.5 Å². The summed E-state index contributed by atoms with van der Waals surface area (Å²) < 4.78 is 24.8. The third-order valence-electron chi connectivity index (χ3n) is 3.69. The quantitative estimate of drug-likeness (QED) is 0.437. The van der Waals surface area contributed by atoms with Gasteiger partial charge in [0, 0.05) is 6.42 Å². The molecule has 0 aliphatic rings. The van der Waals surface area contributed by atoms with Crippen molar-refractivity contribution in [1.29, 1.82) is 0 Å². The number of hydrogen-bond acceptors (Lipinski definition) is 4. The maximum atomic E-state index is 12.4. The molecule has 24 heavy (non-hydrogen) atoms. The van der Waals surface area contributed by atoms with Crippen LogP contribution < -0.4 is 5.48 Å². The summed E-state index contributed by atoms with van der Waals surface area (Å²) >= 11 is 0. The molecule has 0 aliphatic carbocycles. The Morgan fingerprint density at radius 2 is 1.67 bits per heavy atom. The predicted molar refractivity (Wildman–Crippen MR) is 91.3 cm³/mol. The fourth-order valence-electron chi connectivity index (χ4n) is 2.48. The second-order valence-corrected chi connectivity index (χ2v) is 7.62. The van der Waals surface area contributed by atoms with Crippen LogP contribution in [0.1, 0.15) is 30.4 Å². The van der Waals surface area contributed by atoms with Crippen molar-refractivity contribution in [2.24, 2.45) is 0 Å². The lowest BCUT2D eigenvalue weighted by atomic mass is 10.0. The summed E-state index contributed by atoms with van der Waals surface area (Å²) in [5, 5.41) is 8.43. The maximum Gasteiger partial charge on any atom is 0.243 e. The van der Waals surface area contributed by atoms with Crippen LogP contribution in [0.3, 0.4) is 0 Å². The number of sulfone groups is 1. The van der Waals surface area contributed by atoms with Crippen molar-refractivity contribution in [2.45, 2.75) is 36.3 Å². The van der Waals surface area contributed by atoms with Crippen LogP contribution in [-0.2, 0) is 26.8 Å². The van der Waals surface area contributed by atoms with Crippen LogP contribution in [-0.4, -0.2) is 19.5 Å². The van der Waals surface area contributed by atoms with E-state index in [1.54, 1.807) is 35.8 Å². The highest BCUT2D eigenvalue weighted by Gasteiger charge is 2.14. The van der Waals surface area contributed by atoms with Crippen molar-refractivity contribution >= 4 is 15.7 Å². The third kappa shape index (κ3) is 5.47. The Hall–Kier alpha value is -2.18. The lowest BCUT2D eigenvalue weighted by Gasteiger charge is -2.07. The average Bonchev–Trinajstić information content (AvgIpc) is 2.59. The fourth-order valence-corrected chi connectivity index (χ4v) is 3.83. The smallest absolute Gasteiger partial charge is 0.243 e. The van der Waals surface area contributed by atoms with Crippen molar-refractivity contribution in [1.82, 2.24) is 5.48 Å². The molecule has 0 aliphatic heterocycles. The lowest BCUT2D eigenvalue weighted by Crippen LogP contribution is -2.17. The Morgan fingerprint density at radius 3 is 2.38 bits per heavy atom. The number of hydroxylamine groups is 1. The van der Waals surface area contributed by atoms with Gasteiger partial charge in [0.15, 0.2) is 9.84 Å². The minimum Gasteiger partial charge on any atom is -0.289 e. The Morgan fingerprint density at radius 1 is 0.958 bits per heavy atom. The number of amides is 1. The Balaban J connectivity index is 1.96. The molecular weight excluding hydrogens is 326 g/mol. The first-order valence-electron chi connectivity index (χ1n) is 7.80. The standard InChI is InChI=1S/C18H21NO4S/c20-18(19-21)12-5-4-7-15-8-6-9-16(13-15)14-24(22,23)17-10-2-1-3-11-17/h1-3,6,8-11,13,21H,4-5,7,12,14H2,(H,19,20). The molecule has 5 nitrogen and oxygen atoms in total. The predicted octanol–water partition coefficient (Wildman–Crippen LogP) is 2.88. The van der Waals surface area contributed by atoms with E-state index in [4.69, 9.17) is 5.21 Å². The van der Waals surface area contributed by atoms with Crippen LogP contribution in [0.15, 0.2) is 59.5 Å². The third-order valence-corrected chi connectivity index (χ3v) is 5.40. The Bertz CT molecular complexity index is 773. The highest BCUT2D eigenvalue weighted by Crippen LogP contribution is 2.17. The van der Waals surface area contributed by atoms with Gasteiger partial charge in [-0.3, -0.25) is 10.0 Å². The second-order valence-electron chi connectivity index (χ2n) is 5.63. The summed E-state index contributed by atoms with van der Waals surface area (Å²) in [6, 6.07) is 15.9. The van der Waals surface area contributed by atoms with Crippen molar-refractivity contribution in [3.63, 3.8) is 0 Å². The van der Waals surface area contributed by atoms with E-state index in [0.29, 0.717) is 11.3 Å². The number of nitrogens with one attached hydrogen (secondary N) is 1. The number of benzene rings is 2. The topological polar surface area (TPSA) is 83.5 Å². The molecule has 128 valence electrons. The van der Waals surface area contributed by atoms with Crippen LogP contribution in [0, 0.1) is 0 Å². The number of unbranched alkanes of at least 4 members (excludes halogenated alkanes) is 1. The lowest BCUT2D eigenvalue weighted by molar-refractivity contribution is -0.129. The zero-order valence-corrected chi connectivity index (χ0v) is 14.1. The number of carbonyl (C=O) groups excluding carboxylic acids is 1. The van der Waals surface area contributed by atoms with Crippen molar-refractivity contribution < 1.29 is 18.4 Å². The van der Waals surface area contributed by atoms with Crippen LogP contribution in [0.25, 0.3) is 0 Å². The molecule has 6 heteroatoms. The second kappa shape index (κ2) is 8.61. The Kier molecular flexibility index (Phi) is 6.52. The number of carbonyl (C=O) groups is 1. The van der Waals surface area contributed by atoms with Gasteiger partial charge in [-0.1, -0.05) is 42.5 Å². The van der Waals surface area contributed by atoms with Crippen LogP contribution >= 0.6 is 0 Å². The van der Waals surface area contributed by atoms with E-state index in [0.717, 1.165) is 24.0 Å². The number of hydrogen-bond donors (Lipinski definition) is 2. The highest BCUT2D eigenvalue weighted by molar-refractivity contribution is 7.90. The van der Waals surface area contributed by atoms with Crippen molar-refractivity contribution in [2.75, 3.05) is 0 Å². The largest absolute Gasteiger partial charge is 0.289 e. The summed E-state index contributed by atoms with van der Waals surface area (Å²) in [5.41, 5.74) is 3.40. The molecular formula is C18H21NO4S. The van der Waals surface area contributed by atoms with Gasteiger partial charge in [-0.25, -0.2) is 13.9 Å². The van der Waals surface area contributed by atoms with Gasteiger partial charge in [0.25, 0.3) is 0 Å². The highest BCUT2D eigenvalue weighted by atomic mass is 32.2. The van der Waals surface area contributed by atoms with Crippen LogP contribution in [0.5, 0.6) is 0 Å². The zero-order valence-electron chi connectivity index (χ0n) is 13.3. The molecule has 1 amide bonds. The van der Waals surface area contributed by atoms with Crippen LogP contribution in [0.4, 0.5) is 0 Å². The van der Waals surface area contributed by atoms with E-state index in [1.165, 1.54) is 0 Å². The number of rotatable bonds is 8. The van der Waals surface area contributed by atoms with Gasteiger partial charge < -0.3 is 0 Å². The van der Waals surface area contributed by atoms with Crippen LogP contribution in [0.2, 0.25) is 0 Å². The van der Waals surface area contributed by atoms with Gasteiger partial charge in [0.2, 0.25) is 5.91 Å². The van der Waals surface area contributed by atoms with E-state index in [9.17, 15) is 13.2 Å². The molecule has 0 fully saturated rings. The molecule has 2 rings (SSSR count). The van der Waals surface area contributed by atoms with Gasteiger partial charge >= 0.3 is 0 Å². The molecule has 0 radical (unpaired) electrons. The zero-order chi connectivity index (χ0) is 17.4. The SMILES string of the molecule is O=C(CCCCc1cccc(CS(=O)(=O)c2ccccc2)c1)NO. The summed E-state index contributed by atoms with van der Waals surface area (Å²) in [5.74, 6) is -0.421. The average molecular weight is 347 g/mol. The molecule has 0 aromatic heterocycles. The summed E-state index contributed by atoms with van der Waals surface area (Å²) in [6.07, 6.45) is 2.50. The molecule has 0 heterocycles. The molecule has 0 unspecified atom stereocenters. The molecule has 2 aromatic carbocycles. The molecule has 0 atom stereocenters. The van der Waals surface area contributed by atoms with Gasteiger partial charge in [-0.15, -0.1) is 0 Å². The molecule has 0 bridgehead atoms. The maximum absolute atomic E-state index is 12.4. The van der Waals surface area contributed by atoms with Gasteiger partial charge in [0.1, 0.15) is 0 Å². The minimum atomic E-state index is -3.35. The van der Waals surface area contributed by atoms with Crippen molar-refractivity contribution in [3.05, 3.63) is 65.7 Å². The van der Waals surface area contributed by atoms with Gasteiger partial charge in [0.05, 0.1) is 10.6 Å². The molecule has 2 aromatic rings. The van der Waals surface area contributed by atoms with E-state index >= 15 is 0 Å². The fraction of sp³-hybridized carbons (Fsp3) is 0.278. The summed E-state index contributed by atoms with van der Waals surface area (Å²) in [4.78, 5) is 11.3. The van der Waals surface area contributed by atoms with E-state index in [1.807, 2.05) is 24.3 Å². The molecule has 0 saturated heterocycles. The normalized spacial score (nSPS) is 11.2. The first kappa shape index (κ1) is 18.2. The Labute approximate surface area is 142 Å². The summed E-state index contributed by atoms with van der Waals surface area (Å²) in [6.45, 7) is 0.